The van der Waals surface area contributed by atoms with E-state index < -0.39 is 0 Å². The Morgan fingerprint density at radius 1 is 1.12 bits per heavy atom. The van der Waals surface area contributed by atoms with Crippen molar-refractivity contribution in [1.82, 2.24) is 4.90 Å². The van der Waals surface area contributed by atoms with Crippen LogP contribution in [0.4, 0.5) is 0 Å². The number of unbranched alkanes of at least 4 members (excludes halogenated alkanes) is 1. The average Bonchev–Trinajstić information content (AvgIpc) is 2.56. The molecular weight excluding hydrogens is 208 g/mol. The molecule has 0 fully saturated rings. The molecule has 0 N–H and O–H groups in total. The van der Waals surface area contributed by atoms with Crippen LogP contribution in [0.25, 0.3) is 0 Å². The maximum atomic E-state index is 2.61. The number of amidine groups is 1. The first-order valence-electron chi connectivity index (χ1n) is 7.09. The van der Waals surface area contributed by atoms with Crippen LogP contribution in [0.2, 0.25) is 0 Å². The first-order chi connectivity index (χ1) is 7.68. The minimum Gasteiger partial charge on any atom is -0.257 e. The molecule has 0 saturated heterocycles. The molecule has 1 aliphatic heterocycles. The first kappa shape index (κ1) is 14.5. The van der Waals surface area contributed by atoms with E-state index in [0.717, 1.165) is 0 Å². The van der Waals surface area contributed by atoms with Gasteiger partial charge in [-0.25, -0.2) is 0 Å². The zero-order valence-electron chi connectivity index (χ0n) is 12.9. The van der Waals surface area contributed by atoms with Crippen LogP contribution >= 0.6 is 0 Å². The Morgan fingerprint density at radius 3 is 2.12 bits per heavy atom. The van der Waals surface area contributed by atoms with Gasteiger partial charge in [0.25, 0.3) is 0 Å². The van der Waals surface area contributed by atoms with Crippen LogP contribution in [0.5, 0.6) is 0 Å². The fourth-order valence-corrected chi connectivity index (χ4v) is 2.65. The van der Waals surface area contributed by atoms with Gasteiger partial charge < -0.3 is 0 Å². The van der Waals surface area contributed by atoms with Gasteiger partial charge in [0, 0.05) is 6.42 Å². The van der Waals surface area contributed by atoms with Gasteiger partial charge >= 0.3 is 0 Å². The lowest BCUT2D eigenvalue weighted by molar-refractivity contribution is -0.589. The molecule has 0 aromatic carbocycles. The molecule has 0 aromatic heterocycles. The number of rotatable bonds is 3. The maximum absolute atomic E-state index is 2.61. The predicted molar refractivity (Wildman–Crippen MR) is 75.9 cm³/mol. The van der Waals surface area contributed by atoms with Crippen molar-refractivity contribution in [3.05, 3.63) is 0 Å². The highest BCUT2D eigenvalue weighted by molar-refractivity contribution is 5.79. The lowest BCUT2D eigenvalue weighted by Gasteiger charge is -2.28. The molecule has 0 radical (unpaired) electrons. The third-order valence-electron chi connectivity index (χ3n) is 3.54. The summed E-state index contributed by atoms with van der Waals surface area (Å²) in [5, 5.41) is 0. The lowest BCUT2D eigenvalue weighted by Crippen LogP contribution is -2.45. The highest BCUT2D eigenvalue weighted by Gasteiger charge is 2.41. The highest BCUT2D eigenvalue weighted by atomic mass is 15.3. The van der Waals surface area contributed by atoms with Crippen molar-refractivity contribution >= 4 is 5.84 Å². The monoisotopic (exact) mass is 239 g/mol. The van der Waals surface area contributed by atoms with Gasteiger partial charge in [-0.3, -0.25) is 9.48 Å². The summed E-state index contributed by atoms with van der Waals surface area (Å²) in [4.78, 5) is 2.61. The van der Waals surface area contributed by atoms with E-state index in [9.17, 15) is 0 Å². The fourth-order valence-electron chi connectivity index (χ4n) is 2.65. The van der Waals surface area contributed by atoms with Crippen molar-refractivity contribution in [3.63, 3.8) is 0 Å². The van der Waals surface area contributed by atoms with E-state index >= 15 is 0 Å². The van der Waals surface area contributed by atoms with Gasteiger partial charge in [0.05, 0.1) is 11.1 Å². The largest absolute Gasteiger partial charge is 0.257 e. The van der Waals surface area contributed by atoms with Crippen molar-refractivity contribution in [1.29, 1.82) is 0 Å². The Hall–Kier alpha value is -0.530. The molecule has 0 aliphatic carbocycles. The van der Waals surface area contributed by atoms with Crippen molar-refractivity contribution in [2.75, 3.05) is 13.1 Å². The summed E-state index contributed by atoms with van der Waals surface area (Å²) in [6.07, 6.45) is 3.80. The lowest BCUT2D eigenvalue weighted by atomic mass is 10.0. The summed E-state index contributed by atoms with van der Waals surface area (Å²) in [7, 11) is 0. The molecule has 0 bridgehead atoms. The van der Waals surface area contributed by atoms with Crippen LogP contribution < -0.4 is 0 Å². The average molecular weight is 239 g/mol. The minimum absolute atomic E-state index is 0.253. The van der Waals surface area contributed by atoms with E-state index in [2.05, 4.69) is 57.9 Å². The quantitative estimate of drug-likeness (QED) is 0.683. The van der Waals surface area contributed by atoms with E-state index in [1.807, 2.05) is 0 Å². The van der Waals surface area contributed by atoms with Crippen LogP contribution in [0.1, 0.15) is 67.7 Å². The second-order valence-corrected chi connectivity index (χ2v) is 7.16. The molecule has 2 nitrogen and oxygen atoms in total. The van der Waals surface area contributed by atoms with Crippen molar-refractivity contribution in [2.24, 2.45) is 0 Å². The predicted octanol–water partition coefficient (Wildman–Crippen LogP) is 3.50. The summed E-state index contributed by atoms with van der Waals surface area (Å²) >= 11 is 0. The Bertz CT molecular complexity index is 289. The normalized spacial score (nSPS) is 18.2. The molecular formula is C15H31N2+. The van der Waals surface area contributed by atoms with E-state index in [1.165, 1.54) is 32.4 Å². The van der Waals surface area contributed by atoms with Gasteiger partial charge in [-0.1, -0.05) is 13.3 Å². The van der Waals surface area contributed by atoms with E-state index in [0.29, 0.717) is 0 Å². The molecule has 1 rings (SSSR count). The molecule has 0 unspecified atom stereocenters. The molecule has 0 aromatic rings. The molecule has 17 heavy (non-hydrogen) atoms. The van der Waals surface area contributed by atoms with E-state index in [-0.39, 0.29) is 11.1 Å². The molecule has 100 valence electrons. The summed E-state index contributed by atoms with van der Waals surface area (Å²) in [5.74, 6) is 1.56. The summed E-state index contributed by atoms with van der Waals surface area (Å²) in [5.41, 5.74) is 0.506. The molecule has 0 spiro atoms. The maximum Gasteiger partial charge on any atom is 0.247 e. The molecule has 1 heterocycles. The highest BCUT2D eigenvalue weighted by Crippen LogP contribution is 2.23. The van der Waals surface area contributed by atoms with Crippen LogP contribution in [0.15, 0.2) is 0 Å². The summed E-state index contributed by atoms with van der Waals surface area (Å²) in [6.45, 7) is 18.6. The van der Waals surface area contributed by atoms with Crippen LogP contribution in [-0.2, 0) is 0 Å². The molecule has 0 atom stereocenters. The fraction of sp³-hybridized carbons (Fsp3) is 0.933. The number of hydrogen-bond donors (Lipinski definition) is 0. The Labute approximate surface area is 108 Å². The van der Waals surface area contributed by atoms with E-state index in [1.54, 1.807) is 5.84 Å². The Morgan fingerprint density at radius 2 is 1.71 bits per heavy atom. The standard InChI is InChI=1S/C15H31N2/c1-8-9-10-13-16(14(2,3)4)11-12-17(13)15(5,6)7/h8-12H2,1-7H3/q+1. The first-order valence-corrected chi connectivity index (χ1v) is 7.09. The smallest absolute Gasteiger partial charge is 0.247 e. The SMILES string of the molecule is CCCCC1=[N+](C(C)(C)C)CCN1C(C)(C)C. The third-order valence-corrected chi connectivity index (χ3v) is 3.54. The Balaban J connectivity index is 3.02. The van der Waals surface area contributed by atoms with Gasteiger partial charge in [0.1, 0.15) is 13.1 Å². The zero-order chi connectivity index (χ0) is 13.3. The second kappa shape index (κ2) is 4.99. The van der Waals surface area contributed by atoms with Crippen molar-refractivity contribution in [2.45, 2.75) is 78.8 Å². The molecule has 0 saturated carbocycles. The summed E-state index contributed by atoms with van der Waals surface area (Å²) < 4.78 is 2.61. The number of nitrogens with zero attached hydrogens (tertiary/aromatic N) is 2. The molecule has 0 amide bonds. The van der Waals surface area contributed by atoms with Crippen LogP contribution in [0, 0.1) is 0 Å². The molecule has 1 aliphatic rings. The van der Waals surface area contributed by atoms with Gasteiger partial charge in [-0.05, 0) is 48.0 Å². The number of hydrogen-bond acceptors (Lipinski definition) is 1. The van der Waals surface area contributed by atoms with Gasteiger partial charge in [0.15, 0.2) is 0 Å². The van der Waals surface area contributed by atoms with Crippen LogP contribution in [-0.4, -0.2) is 39.5 Å². The van der Waals surface area contributed by atoms with Gasteiger partial charge in [-0.2, -0.15) is 0 Å². The van der Waals surface area contributed by atoms with Gasteiger partial charge in [0.2, 0.25) is 5.84 Å². The molecule has 2 heteroatoms. The third kappa shape index (κ3) is 3.46. The van der Waals surface area contributed by atoms with Gasteiger partial charge in [-0.15, -0.1) is 0 Å². The Kier molecular flexibility index (Phi) is 4.27. The zero-order valence-corrected chi connectivity index (χ0v) is 12.9. The van der Waals surface area contributed by atoms with Crippen molar-refractivity contribution < 1.29 is 4.58 Å². The topological polar surface area (TPSA) is 6.25 Å². The minimum atomic E-state index is 0.253. The second-order valence-electron chi connectivity index (χ2n) is 7.16. The van der Waals surface area contributed by atoms with E-state index in [4.69, 9.17) is 0 Å². The van der Waals surface area contributed by atoms with Crippen molar-refractivity contribution in [3.8, 4) is 0 Å². The summed E-state index contributed by atoms with van der Waals surface area (Å²) in [6, 6.07) is 0. The van der Waals surface area contributed by atoms with Crippen LogP contribution in [0.3, 0.4) is 0 Å².